The van der Waals surface area contributed by atoms with Gasteiger partial charge in [0.05, 0.1) is 6.67 Å². The van der Waals surface area contributed by atoms with Gasteiger partial charge in [0.2, 0.25) is 0 Å². The number of ether oxygens (including phenoxy) is 1. The maximum atomic E-state index is 13.9. The number of ketones is 1. The number of phenols is 1. The number of carbonyl (C=O) groups excluding carboxylic acids is 1. The molecule has 7 heteroatoms. The molecular formula is C28H25F2NO3S. The van der Waals surface area contributed by atoms with Gasteiger partial charge in [-0.3, -0.25) is 14.1 Å². The van der Waals surface area contributed by atoms with Crippen molar-refractivity contribution in [2.24, 2.45) is 5.92 Å². The van der Waals surface area contributed by atoms with Crippen molar-refractivity contribution in [2.75, 3.05) is 32.9 Å². The number of rotatable bonds is 8. The topological polar surface area (TPSA) is 49.8 Å². The second kappa shape index (κ2) is 9.76. The number of hydrogen-bond donors (Lipinski definition) is 1. The van der Waals surface area contributed by atoms with Gasteiger partial charge in [0, 0.05) is 51.6 Å². The van der Waals surface area contributed by atoms with Crippen LogP contribution in [0.15, 0.2) is 60.7 Å². The number of benzene rings is 3. The van der Waals surface area contributed by atoms with Gasteiger partial charge in [-0.2, -0.15) is 0 Å². The fourth-order valence-electron chi connectivity index (χ4n) is 4.40. The number of fused-ring (bicyclic) bond motifs is 1. The molecule has 4 aromatic rings. The maximum Gasteiger partial charge on any atom is 0.195 e. The molecule has 180 valence electrons. The molecule has 0 radical (unpaired) electrons. The van der Waals surface area contributed by atoms with E-state index >= 15 is 0 Å². The molecule has 0 aliphatic carbocycles. The summed E-state index contributed by atoms with van der Waals surface area (Å²) in [5.74, 6) is 0.495. The fourth-order valence-corrected chi connectivity index (χ4v) is 5.63. The van der Waals surface area contributed by atoms with Gasteiger partial charge in [-0.25, -0.2) is 4.39 Å². The fraction of sp³-hybridized carbons (Fsp3) is 0.250. The van der Waals surface area contributed by atoms with Crippen molar-refractivity contribution in [1.82, 2.24) is 4.90 Å². The molecule has 1 fully saturated rings. The molecule has 4 nitrogen and oxygen atoms in total. The summed E-state index contributed by atoms with van der Waals surface area (Å²) in [4.78, 5) is 16.6. The van der Waals surface area contributed by atoms with Crippen LogP contribution in [0.4, 0.5) is 8.78 Å². The van der Waals surface area contributed by atoms with Crippen LogP contribution in [-0.4, -0.2) is 48.7 Å². The van der Waals surface area contributed by atoms with Crippen molar-refractivity contribution in [3.8, 4) is 21.9 Å². The quantitative estimate of drug-likeness (QED) is 0.296. The lowest BCUT2D eigenvalue weighted by molar-refractivity contribution is 0.0668. The Labute approximate surface area is 206 Å². The minimum absolute atomic E-state index is 0.125. The van der Waals surface area contributed by atoms with E-state index in [-0.39, 0.29) is 29.9 Å². The van der Waals surface area contributed by atoms with Crippen LogP contribution < -0.4 is 4.74 Å². The molecule has 1 aliphatic heterocycles. The molecule has 1 N–H and O–H groups in total. The summed E-state index contributed by atoms with van der Waals surface area (Å²) in [5.41, 5.74) is 2.30. The van der Waals surface area contributed by atoms with Crippen LogP contribution in [0.5, 0.6) is 11.5 Å². The first-order chi connectivity index (χ1) is 16.9. The molecule has 1 aliphatic rings. The molecule has 0 atom stereocenters. The van der Waals surface area contributed by atoms with Crippen LogP contribution in [0.1, 0.15) is 21.5 Å². The lowest BCUT2D eigenvalue weighted by Gasteiger charge is -2.37. The summed E-state index contributed by atoms with van der Waals surface area (Å²) in [7, 11) is 0. The van der Waals surface area contributed by atoms with Gasteiger partial charge >= 0.3 is 0 Å². The predicted octanol–water partition coefficient (Wildman–Crippen LogP) is 6.23. The Bertz CT molecular complexity index is 1380. The number of nitrogens with zero attached hydrogens (tertiary/aromatic N) is 1. The van der Waals surface area contributed by atoms with Crippen LogP contribution in [0.2, 0.25) is 0 Å². The van der Waals surface area contributed by atoms with Crippen molar-refractivity contribution < 1.29 is 23.4 Å². The standard InChI is InChI=1S/C28H25F2NO3S/c1-17-12-20(4-9-24(17)30)28-26(23-8-5-21(32)13-25(23)35-28)27(33)19-2-6-22(7-3-19)34-11-10-31-15-18(14-29)16-31/h2-9,12-13,18,32H,10-11,14-16H2,1H3. The van der Waals surface area contributed by atoms with Gasteiger partial charge < -0.3 is 9.84 Å². The van der Waals surface area contributed by atoms with E-state index in [0.717, 1.165) is 40.2 Å². The maximum absolute atomic E-state index is 13.9. The Morgan fingerprint density at radius 3 is 2.60 bits per heavy atom. The Morgan fingerprint density at radius 1 is 1.11 bits per heavy atom. The van der Waals surface area contributed by atoms with Gasteiger partial charge in [0.1, 0.15) is 23.9 Å². The molecule has 1 aromatic heterocycles. The molecule has 1 saturated heterocycles. The Morgan fingerprint density at radius 2 is 1.89 bits per heavy atom. The van der Waals surface area contributed by atoms with Crippen molar-refractivity contribution in [3.05, 3.63) is 83.2 Å². The number of thiophene rings is 1. The highest BCUT2D eigenvalue weighted by molar-refractivity contribution is 7.22. The number of alkyl halides is 1. The first-order valence-corrected chi connectivity index (χ1v) is 12.3. The molecule has 0 bridgehead atoms. The average molecular weight is 494 g/mol. The highest BCUT2D eigenvalue weighted by Crippen LogP contribution is 2.41. The van der Waals surface area contributed by atoms with Gasteiger partial charge in [-0.15, -0.1) is 11.3 Å². The van der Waals surface area contributed by atoms with Crippen LogP contribution in [-0.2, 0) is 0 Å². The van der Waals surface area contributed by atoms with Crippen LogP contribution in [0, 0.1) is 18.7 Å². The normalized spacial score (nSPS) is 14.3. The zero-order valence-corrected chi connectivity index (χ0v) is 20.1. The Balaban J connectivity index is 1.39. The minimum atomic E-state index is -0.299. The molecule has 0 spiro atoms. The molecular weight excluding hydrogens is 468 g/mol. The van der Waals surface area contributed by atoms with Crippen molar-refractivity contribution in [3.63, 3.8) is 0 Å². The SMILES string of the molecule is Cc1cc(-c2sc3cc(O)ccc3c2C(=O)c2ccc(OCCN3CC(CF)C3)cc2)ccc1F. The zero-order valence-electron chi connectivity index (χ0n) is 19.3. The number of likely N-dealkylation sites (tertiary alicyclic amines) is 1. The number of hydrogen-bond acceptors (Lipinski definition) is 5. The van der Waals surface area contributed by atoms with Gasteiger partial charge in [-0.1, -0.05) is 6.07 Å². The molecule has 5 rings (SSSR count). The third-order valence-corrected chi connectivity index (χ3v) is 7.57. The lowest BCUT2D eigenvalue weighted by atomic mass is 9.97. The molecule has 0 unspecified atom stereocenters. The average Bonchev–Trinajstić information content (AvgIpc) is 3.20. The van der Waals surface area contributed by atoms with Gasteiger partial charge in [0.15, 0.2) is 5.78 Å². The molecule has 0 saturated carbocycles. The first-order valence-electron chi connectivity index (χ1n) is 11.5. The number of carbonyl (C=O) groups is 1. The number of halogens is 2. The largest absolute Gasteiger partial charge is 0.508 e. The van der Waals surface area contributed by atoms with Gasteiger partial charge in [0.25, 0.3) is 0 Å². The summed E-state index contributed by atoms with van der Waals surface area (Å²) in [5, 5.41) is 10.7. The van der Waals surface area contributed by atoms with E-state index in [1.807, 2.05) is 0 Å². The highest BCUT2D eigenvalue weighted by atomic mass is 32.1. The second-order valence-corrected chi connectivity index (χ2v) is 9.98. The summed E-state index contributed by atoms with van der Waals surface area (Å²) < 4.78 is 33.0. The molecule has 3 aromatic carbocycles. The van der Waals surface area contributed by atoms with E-state index < -0.39 is 0 Å². The van der Waals surface area contributed by atoms with E-state index in [4.69, 9.17) is 4.74 Å². The minimum Gasteiger partial charge on any atom is -0.508 e. The first kappa shape index (κ1) is 23.5. The number of aromatic hydroxyl groups is 1. The van der Waals surface area contributed by atoms with E-state index in [1.165, 1.54) is 17.4 Å². The molecule has 35 heavy (non-hydrogen) atoms. The monoisotopic (exact) mass is 493 g/mol. The van der Waals surface area contributed by atoms with E-state index in [2.05, 4.69) is 4.90 Å². The van der Waals surface area contributed by atoms with E-state index in [9.17, 15) is 18.7 Å². The summed E-state index contributed by atoms with van der Waals surface area (Å²) in [6.07, 6.45) is 0. The highest BCUT2D eigenvalue weighted by Gasteiger charge is 2.26. The lowest BCUT2D eigenvalue weighted by Crippen LogP contribution is -2.49. The third-order valence-electron chi connectivity index (χ3n) is 6.36. The summed E-state index contributed by atoms with van der Waals surface area (Å²) in [6, 6.07) is 16.8. The van der Waals surface area contributed by atoms with Crippen molar-refractivity contribution in [2.45, 2.75) is 6.92 Å². The Hall–Kier alpha value is -3.29. The van der Waals surface area contributed by atoms with Crippen molar-refractivity contribution in [1.29, 1.82) is 0 Å². The van der Waals surface area contributed by atoms with E-state index in [0.29, 0.717) is 29.0 Å². The zero-order chi connectivity index (χ0) is 24.5. The molecule has 2 heterocycles. The van der Waals surface area contributed by atoms with Gasteiger partial charge in [-0.05, 0) is 72.6 Å². The van der Waals surface area contributed by atoms with Crippen molar-refractivity contribution >= 4 is 27.2 Å². The van der Waals surface area contributed by atoms with Crippen LogP contribution >= 0.6 is 11.3 Å². The Kier molecular flexibility index (Phi) is 6.54. The van der Waals surface area contributed by atoms with Crippen LogP contribution in [0.3, 0.4) is 0 Å². The number of aryl methyl sites for hydroxylation is 1. The van der Waals surface area contributed by atoms with E-state index in [1.54, 1.807) is 61.5 Å². The number of phenolic OH excluding ortho intramolecular Hbond substituents is 1. The van der Waals surface area contributed by atoms with Crippen LogP contribution in [0.25, 0.3) is 20.5 Å². The second-order valence-electron chi connectivity index (χ2n) is 8.93. The summed E-state index contributed by atoms with van der Waals surface area (Å²) in [6.45, 7) is 4.21. The third kappa shape index (κ3) is 4.79. The smallest absolute Gasteiger partial charge is 0.195 e. The predicted molar refractivity (Wildman–Crippen MR) is 135 cm³/mol. The molecule has 0 amide bonds. The summed E-state index contributed by atoms with van der Waals surface area (Å²) >= 11 is 1.40.